The minimum atomic E-state index is 0.382. The Balaban J connectivity index is 2.09. The van der Waals surface area contributed by atoms with Gasteiger partial charge < -0.3 is 16.2 Å². The Labute approximate surface area is 116 Å². The molecule has 100 valence electrons. The average Bonchev–Trinajstić information content (AvgIpc) is 2.37. The van der Waals surface area contributed by atoms with E-state index in [2.05, 4.69) is 9.97 Å². The zero-order valence-corrected chi connectivity index (χ0v) is 11.5. The van der Waals surface area contributed by atoms with Crippen LogP contribution in [0.3, 0.4) is 0 Å². The maximum absolute atomic E-state index is 5.64. The van der Waals surface area contributed by atoms with Gasteiger partial charge in [-0.25, -0.2) is 9.97 Å². The molecule has 0 bridgehead atoms. The van der Waals surface area contributed by atoms with Crippen molar-refractivity contribution in [1.82, 2.24) is 9.97 Å². The molecule has 0 saturated carbocycles. The summed E-state index contributed by atoms with van der Waals surface area (Å²) in [7, 11) is 0. The van der Waals surface area contributed by atoms with Gasteiger partial charge in [0, 0.05) is 17.4 Å². The van der Waals surface area contributed by atoms with Gasteiger partial charge in [0.2, 0.25) is 0 Å². The van der Waals surface area contributed by atoms with Crippen molar-refractivity contribution in [3.63, 3.8) is 0 Å². The Kier molecular flexibility index (Phi) is 4.46. The molecule has 1 aromatic carbocycles. The molecular weight excluding hydrogens is 260 g/mol. The molecule has 0 unspecified atom stereocenters. The SMILES string of the molecule is CCOc1ccccc1CSc1nc(N)cc(N)n1. The number of ether oxygens (including phenoxy) is 1. The molecule has 0 atom stereocenters. The van der Waals surface area contributed by atoms with E-state index in [1.54, 1.807) is 0 Å². The van der Waals surface area contributed by atoms with Crippen LogP contribution in [0, 0.1) is 0 Å². The molecule has 19 heavy (non-hydrogen) atoms. The Morgan fingerprint density at radius 2 is 1.84 bits per heavy atom. The summed E-state index contributed by atoms with van der Waals surface area (Å²) in [5.74, 6) is 2.36. The van der Waals surface area contributed by atoms with E-state index in [1.165, 1.54) is 17.8 Å². The fourth-order valence-corrected chi connectivity index (χ4v) is 2.45. The van der Waals surface area contributed by atoms with Crippen molar-refractivity contribution >= 4 is 23.4 Å². The molecule has 0 aliphatic heterocycles. The van der Waals surface area contributed by atoms with E-state index in [0.717, 1.165) is 11.3 Å². The predicted octanol–water partition coefficient (Wildman–Crippen LogP) is 2.33. The lowest BCUT2D eigenvalue weighted by molar-refractivity contribution is 0.337. The van der Waals surface area contributed by atoms with E-state index in [9.17, 15) is 0 Å². The van der Waals surface area contributed by atoms with E-state index >= 15 is 0 Å². The molecule has 2 rings (SSSR count). The zero-order chi connectivity index (χ0) is 13.7. The van der Waals surface area contributed by atoms with Gasteiger partial charge in [-0.05, 0) is 13.0 Å². The highest BCUT2D eigenvalue weighted by molar-refractivity contribution is 7.98. The summed E-state index contributed by atoms with van der Waals surface area (Å²) in [5.41, 5.74) is 12.4. The first kappa shape index (κ1) is 13.5. The normalized spacial score (nSPS) is 10.4. The zero-order valence-electron chi connectivity index (χ0n) is 10.7. The minimum Gasteiger partial charge on any atom is -0.494 e. The quantitative estimate of drug-likeness (QED) is 0.644. The number of thioether (sulfide) groups is 1. The van der Waals surface area contributed by atoms with E-state index in [1.807, 2.05) is 31.2 Å². The van der Waals surface area contributed by atoms with Crippen molar-refractivity contribution in [2.45, 2.75) is 17.8 Å². The van der Waals surface area contributed by atoms with Crippen LogP contribution >= 0.6 is 11.8 Å². The number of nitrogen functional groups attached to an aromatic ring is 2. The third-order valence-corrected chi connectivity index (χ3v) is 3.27. The highest BCUT2D eigenvalue weighted by Gasteiger charge is 2.06. The highest BCUT2D eigenvalue weighted by atomic mass is 32.2. The van der Waals surface area contributed by atoms with Gasteiger partial charge in [0.05, 0.1) is 6.61 Å². The summed E-state index contributed by atoms with van der Waals surface area (Å²) in [4.78, 5) is 8.27. The molecular formula is C13H16N4OS. The Bertz CT molecular complexity index is 542. The van der Waals surface area contributed by atoms with Crippen LogP contribution in [0.15, 0.2) is 35.5 Å². The molecule has 0 saturated heterocycles. The molecule has 5 nitrogen and oxygen atoms in total. The lowest BCUT2D eigenvalue weighted by Crippen LogP contribution is -2.00. The number of nitrogens with zero attached hydrogens (tertiary/aromatic N) is 2. The van der Waals surface area contributed by atoms with Crippen LogP contribution in [-0.2, 0) is 5.75 Å². The lowest BCUT2D eigenvalue weighted by atomic mass is 10.2. The van der Waals surface area contributed by atoms with Gasteiger partial charge in [-0.1, -0.05) is 30.0 Å². The average molecular weight is 276 g/mol. The fraction of sp³-hybridized carbons (Fsp3) is 0.231. The van der Waals surface area contributed by atoms with Gasteiger partial charge in [0.1, 0.15) is 17.4 Å². The summed E-state index contributed by atoms with van der Waals surface area (Å²) < 4.78 is 5.57. The second-order valence-electron chi connectivity index (χ2n) is 3.83. The molecule has 6 heteroatoms. The summed E-state index contributed by atoms with van der Waals surface area (Å²) in [5, 5.41) is 0.573. The third-order valence-electron chi connectivity index (χ3n) is 2.37. The van der Waals surface area contributed by atoms with Crippen molar-refractivity contribution < 1.29 is 4.74 Å². The molecule has 4 N–H and O–H groups in total. The molecule has 0 aliphatic carbocycles. The van der Waals surface area contributed by atoms with Gasteiger partial charge in [0.25, 0.3) is 0 Å². The summed E-state index contributed by atoms with van der Waals surface area (Å²) in [6.45, 7) is 2.61. The minimum absolute atomic E-state index is 0.382. The number of hydrogen-bond donors (Lipinski definition) is 2. The maximum atomic E-state index is 5.64. The van der Waals surface area contributed by atoms with Crippen LogP contribution in [0.2, 0.25) is 0 Å². The molecule has 0 aliphatic rings. The highest BCUT2D eigenvalue weighted by Crippen LogP contribution is 2.26. The van der Waals surface area contributed by atoms with Crippen molar-refractivity contribution in [3.05, 3.63) is 35.9 Å². The molecule has 0 radical (unpaired) electrons. The van der Waals surface area contributed by atoms with E-state index in [4.69, 9.17) is 16.2 Å². The predicted molar refractivity (Wildman–Crippen MR) is 78.0 cm³/mol. The van der Waals surface area contributed by atoms with Crippen LogP contribution in [0.5, 0.6) is 5.75 Å². The topological polar surface area (TPSA) is 87.0 Å². The number of nitrogens with two attached hydrogens (primary N) is 2. The largest absolute Gasteiger partial charge is 0.494 e. The first-order chi connectivity index (χ1) is 9.19. The summed E-state index contributed by atoms with van der Waals surface area (Å²) in [6.07, 6.45) is 0. The smallest absolute Gasteiger partial charge is 0.191 e. The number of benzene rings is 1. The second-order valence-corrected chi connectivity index (χ2v) is 4.77. The monoisotopic (exact) mass is 276 g/mol. The third kappa shape index (κ3) is 3.75. The van der Waals surface area contributed by atoms with Crippen molar-refractivity contribution in [2.24, 2.45) is 0 Å². The van der Waals surface area contributed by atoms with Crippen LogP contribution < -0.4 is 16.2 Å². The van der Waals surface area contributed by atoms with Crippen LogP contribution in [0.1, 0.15) is 12.5 Å². The van der Waals surface area contributed by atoms with Crippen LogP contribution in [0.25, 0.3) is 0 Å². The maximum Gasteiger partial charge on any atom is 0.191 e. The standard InChI is InChI=1S/C13H16N4OS/c1-2-18-10-6-4-3-5-9(10)8-19-13-16-11(14)7-12(15)17-13/h3-7H,2,8H2,1H3,(H4,14,15,16,17). The fourth-order valence-electron chi connectivity index (χ4n) is 1.59. The van der Waals surface area contributed by atoms with Gasteiger partial charge in [-0.2, -0.15) is 0 Å². The van der Waals surface area contributed by atoms with Gasteiger partial charge in [0.15, 0.2) is 5.16 Å². The number of rotatable bonds is 5. The molecule has 0 fully saturated rings. The van der Waals surface area contributed by atoms with Gasteiger partial charge in [-0.15, -0.1) is 0 Å². The molecule has 1 heterocycles. The molecule has 0 amide bonds. The second kappa shape index (κ2) is 6.29. The number of para-hydroxylation sites is 1. The lowest BCUT2D eigenvalue weighted by Gasteiger charge is -2.09. The van der Waals surface area contributed by atoms with E-state index < -0.39 is 0 Å². The first-order valence-corrected chi connectivity index (χ1v) is 6.91. The number of aromatic nitrogens is 2. The first-order valence-electron chi connectivity index (χ1n) is 5.92. The van der Waals surface area contributed by atoms with Gasteiger partial charge in [-0.3, -0.25) is 0 Å². The number of anilines is 2. The van der Waals surface area contributed by atoms with Gasteiger partial charge >= 0.3 is 0 Å². The Morgan fingerprint density at radius 3 is 2.53 bits per heavy atom. The van der Waals surface area contributed by atoms with Crippen molar-refractivity contribution in [2.75, 3.05) is 18.1 Å². The summed E-state index contributed by atoms with van der Waals surface area (Å²) >= 11 is 1.48. The van der Waals surface area contributed by atoms with E-state index in [0.29, 0.717) is 29.2 Å². The molecule has 2 aromatic rings. The van der Waals surface area contributed by atoms with Crippen molar-refractivity contribution in [1.29, 1.82) is 0 Å². The Hall–Kier alpha value is -1.95. The van der Waals surface area contributed by atoms with E-state index in [-0.39, 0.29) is 0 Å². The van der Waals surface area contributed by atoms with Crippen LogP contribution in [-0.4, -0.2) is 16.6 Å². The Morgan fingerprint density at radius 1 is 1.16 bits per heavy atom. The van der Waals surface area contributed by atoms with Crippen molar-refractivity contribution in [3.8, 4) is 5.75 Å². The number of hydrogen-bond acceptors (Lipinski definition) is 6. The molecule has 0 spiro atoms. The molecule has 1 aromatic heterocycles. The van der Waals surface area contributed by atoms with Crippen LogP contribution in [0.4, 0.5) is 11.6 Å². The summed E-state index contributed by atoms with van der Waals surface area (Å²) in [6, 6.07) is 9.45.